The Balaban J connectivity index is 2.00. The molecule has 1 heterocycles. The number of hydrogen-bond donors (Lipinski definition) is 1. The molecule has 1 atom stereocenters. The first-order valence-corrected chi connectivity index (χ1v) is 6.49. The highest BCUT2D eigenvalue weighted by atomic mass is 16.5. The predicted octanol–water partition coefficient (Wildman–Crippen LogP) is 3.83. The van der Waals surface area contributed by atoms with Crippen molar-refractivity contribution in [2.75, 3.05) is 7.11 Å². The molecule has 3 heteroatoms. The molecule has 0 saturated carbocycles. The highest BCUT2D eigenvalue weighted by molar-refractivity contribution is 5.78. The Hall–Kier alpha value is -2.26. The van der Waals surface area contributed by atoms with Crippen LogP contribution in [0.5, 0.6) is 5.75 Å². The number of ether oxygens (including phenoxy) is 1. The summed E-state index contributed by atoms with van der Waals surface area (Å²) in [5.74, 6) is 1.26. The van der Waals surface area contributed by atoms with E-state index in [1.165, 1.54) is 5.56 Å². The van der Waals surface area contributed by atoms with E-state index in [-0.39, 0.29) is 0 Å². The normalized spacial score (nSPS) is 12.6. The SMILES string of the molecule is COc1cccc(C(O)c2cc3cc(C)ccc3o2)c1. The van der Waals surface area contributed by atoms with E-state index in [2.05, 4.69) is 0 Å². The molecule has 0 saturated heterocycles. The van der Waals surface area contributed by atoms with Gasteiger partial charge in [0, 0.05) is 5.39 Å². The Labute approximate surface area is 117 Å². The smallest absolute Gasteiger partial charge is 0.138 e. The lowest BCUT2D eigenvalue weighted by atomic mass is 10.1. The van der Waals surface area contributed by atoms with Crippen molar-refractivity contribution in [3.63, 3.8) is 0 Å². The van der Waals surface area contributed by atoms with Gasteiger partial charge in [-0.05, 0) is 42.8 Å². The Kier molecular flexibility index (Phi) is 3.20. The van der Waals surface area contributed by atoms with Crippen LogP contribution in [-0.2, 0) is 0 Å². The summed E-state index contributed by atoms with van der Waals surface area (Å²) in [4.78, 5) is 0. The molecule has 2 aromatic carbocycles. The zero-order valence-electron chi connectivity index (χ0n) is 11.5. The average molecular weight is 268 g/mol. The third kappa shape index (κ3) is 2.28. The number of aryl methyl sites for hydroxylation is 1. The third-order valence-electron chi connectivity index (χ3n) is 3.37. The minimum absolute atomic E-state index is 0.541. The van der Waals surface area contributed by atoms with E-state index in [1.807, 2.05) is 55.5 Å². The van der Waals surface area contributed by atoms with Crippen LogP contribution >= 0.6 is 0 Å². The van der Waals surface area contributed by atoms with E-state index in [9.17, 15) is 5.11 Å². The topological polar surface area (TPSA) is 42.6 Å². The van der Waals surface area contributed by atoms with Crippen molar-refractivity contribution in [3.8, 4) is 5.75 Å². The van der Waals surface area contributed by atoms with Crippen LogP contribution in [0.4, 0.5) is 0 Å². The Morgan fingerprint density at radius 2 is 1.95 bits per heavy atom. The quantitative estimate of drug-likeness (QED) is 0.785. The van der Waals surface area contributed by atoms with Crippen molar-refractivity contribution in [1.82, 2.24) is 0 Å². The molecule has 3 nitrogen and oxygen atoms in total. The first kappa shape index (κ1) is 12.8. The van der Waals surface area contributed by atoms with Gasteiger partial charge in [0.2, 0.25) is 0 Å². The largest absolute Gasteiger partial charge is 0.497 e. The molecule has 0 spiro atoms. The lowest BCUT2D eigenvalue weighted by Crippen LogP contribution is -1.98. The third-order valence-corrected chi connectivity index (χ3v) is 3.37. The Bertz CT molecular complexity index is 743. The van der Waals surface area contributed by atoms with Gasteiger partial charge in [-0.15, -0.1) is 0 Å². The molecule has 3 rings (SSSR count). The maximum atomic E-state index is 10.4. The van der Waals surface area contributed by atoms with Gasteiger partial charge in [0.1, 0.15) is 23.2 Å². The molecular weight excluding hydrogens is 252 g/mol. The van der Waals surface area contributed by atoms with E-state index in [4.69, 9.17) is 9.15 Å². The second kappa shape index (κ2) is 5.02. The molecule has 102 valence electrons. The van der Waals surface area contributed by atoms with Gasteiger partial charge in [0.05, 0.1) is 7.11 Å². The van der Waals surface area contributed by atoms with Crippen LogP contribution < -0.4 is 4.74 Å². The molecule has 0 fully saturated rings. The maximum Gasteiger partial charge on any atom is 0.138 e. The van der Waals surface area contributed by atoms with E-state index < -0.39 is 6.10 Å². The van der Waals surface area contributed by atoms with Gasteiger partial charge in [-0.2, -0.15) is 0 Å². The number of furan rings is 1. The van der Waals surface area contributed by atoms with Crippen LogP contribution in [0.1, 0.15) is 23.0 Å². The second-order valence-electron chi connectivity index (χ2n) is 4.87. The number of hydrogen-bond acceptors (Lipinski definition) is 3. The minimum Gasteiger partial charge on any atom is -0.497 e. The fourth-order valence-corrected chi connectivity index (χ4v) is 2.29. The van der Waals surface area contributed by atoms with Gasteiger partial charge >= 0.3 is 0 Å². The molecule has 1 unspecified atom stereocenters. The molecule has 0 bridgehead atoms. The predicted molar refractivity (Wildman–Crippen MR) is 78.0 cm³/mol. The van der Waals surface area contributed by atoms with Crippen LogP contribution in [0.15, 0.2) is 52.9 Å². The summed E-state index contributed by atoms with van der Waals surface area (Å²) in [6.45, 7) is 2.03. The zero-order chi connectivity index (χ0) is 14.1. The van der Waals surface area contributed by atoms with Crippen LogP contribution in [0.2, 0.25) is 0 Å². The van der Waals surface area contributed by atoms with Crippen LogP contribution in [-0.4, -0.2) is 12.2 Å². The number of fused-ring (bicyclic) bond motifs is 1. The number of rotatable bonds is 3. The highest BCUT2D eigenvalue weighted by Crippen LogP contribution is 2.30. The highest BCUT2D eigenvalue weighted by Gasteiger charge is 2.16. The van der Waals surface area contributed by atoms with E-state index >= 15 is 0 Å². The van der Waals surface area contributed by atoms with Crippen LogP contribution in [0, 0.1) is 6.92 Å². The summed E-state index contributed by atoms with van der Waals surface area (Å²) in [7, 11) is 1.61. The maximum absolute atomic E-state index is 10.4. The fourth-order valence-electron chi connectivity index (χ4n) is 2.29. The molecule has 0 amide bonds. The fraction of sp³-hybridized carbons (Fsp3) is 0.176. The summed E-state index contributed by atoms with van der Waals surface area (Å²) in [5, 5.41) is 11.4. The molecular formula is C17H16O3. The summed E-state index contributed by atoms with van der Waals surface area (Å²) in [6, 6.07) is 15.2. The standard InChI is InChI=1S/C17H16O3/c1-11-6-7-15-13(8-11)10-16(20-15)17(18)12-4-3-5-14(9-12)19-2/h3-10,17-18H,1-2H3. The van der Waals surface area contributed by atoms with E-state index in [1.54, 1.807) is 7.11 Å². The molecule has 0 radical (unpaired) electrons. The Morgan fingerprint density at radius 3 is 2.75 bits per heavy atom. The summed E-state index contributed by atoms with van der Waals surface area (Å²) < 4.78 is 10.9. The first-order valence-electron chi connectivity index (χ1n) is 6.49. The van der Waals surface area contributed by atoms with Crippen molar-refractivity contribution in [2.24, 2.45) is 0 Å². The average Bonchev–Trinajstić information content (AvgIpc) is 2.89. The molecule has 0 aliphatic rings. The number of aliphatic hydroxyl groups is 1. The van der Waals surface area contributed by atoms with Crippen molar-refractivity contribution in [1.29, 1.82) is 0 Å². The summed E-state index contributed by atoms with van der Waals surface area (Å²) in [5.41, 5.74) is 2.70. The van der Waals surface area contributed by atoms with Crippen molar-refractivity contribution in [3.05, 3.63) is 65.4 Å². The first-order chi connectivity index (χ1) is 9.67. The Morgan fingerprint density at radius 1 is 1.10 bits per heavy atom. The van der Waals surface area contributed by atoms with Gasteiger partial charge in [-0.1, -0.05) is 23.8 Å². The summed E-state index contributed by atoms with van der Waals surface area (Å²) >= 11 is 0. The lowest BCUT2D eigenvalue weighted by Gasteiger charge is -2.09. The monoisotopic (exact) mass is 268 g/mol. The van der Waals surface area contributed by atoms with Gasteiger partial charge in [0.25, 0.3) is 0 Å². The molecule has 1 aromatic heterocycles. The van der Waals surface area contributed by atoms with Gasteiger partial charge in [0.15, 0.2) is 0 Å². The van der Waals surface area contributed by atoms with Gasteiger partial charge in [-0.25, -0.2) is 0 Å². The molecule has 3 aromatic rings. The summed E-state index contributed by atoms with van der Waals surface area (Å²) in [6.07, 6.45) is -0.794. The van der Waals surface area contributed by atoms with E-state index in [0.29, 0.717) is 11.5 Å². The van der Waals surface area contributed by atoms with E-state index in [0.717, 1.165) is 16.5 Å². The number of aliphatic hydroxyl groups excluding tert-OH is 1. The van der Waals surface area contributed by atoms with Gasteiger partial charge in [-0.3, -0.25) is 0 Å². The molecule has 20 heavy (non-hydrogen) atoms. The van der Waals surface area contributed by atoms with Crippen molar-refractivity contribution in [2.45, 2.75) is 13.0 Å². The second-order valence-corrected chi connectivity index (χ2v) is 4.87. The molecule has 1 N–H and O–H groups in total. The molecule has 0 aliphatic heterocycles. The van der Waals surface area contributed by atoms with Crippen molar-refractivity contribution >= 4 is 11.0 Å². The number of methoxy groups -OCH3 is 1. The number of benzene rings is 2. The minimum atomic E-state index is -0.794. The van der Waals surface area contributed by atoms with Crippen LogP contribution in [0.3, 0.4) is 0 Å². The lowest BCUT2D eigenvalue weighted by molar-refractivity contribution is 0.192. The van der Waals surface area contributed by atoms with Gasteiger partial charge < -0.3 is 14.3 Å². The van der Waals surface area contributed by atoms with Crippen LogP contribution in [0.25, 0.3) is 11.0 Å². The zero-order valence-corrected chi connectivity index (χ0v) is 11.5. The molecule has 0 aliphatic carbocycles. The van der Waals surface area contributed by atoms with Crippen molar-refractivity contribution < 1.29 is 14.3 Å².